The van der Waals surface area contributed by atoms with Crippen LogP contribution in [-0.2, 0) is 10.0 Å². The molecule has 0 saturated heterocycles. The van der Waals surface area contributed by atoms with Gasteiger partial charge in [-0.2, -0.15) is 13.7 Å². The Labute approximate surface area is 98.6 Å². The highest BCUT2D eigenvalue weighted by atomic mass is 32.2. The van der Waals surface area contributed by atoms with Crippen molar-refractivity contribution in [1.29, 1.82) is 5.26 Å². The molecule has 1 rings (SSSR count). The summed E-state index contributed by atoms with van der Waals surface area (Å²) in [5.74, 6) is 0.0411. The number of nitriles is 1. The van der Waals surface area contributed by atoms with Gasteiger partial charge in [-0.05, 0) is 24.3 Å². The van der Waals surface area contributed by atoms with Crippen molar-refractivity contribution in [2.75, 3.05) is 7.11 Å². The van der Waals surface area contributed by atoms with Gasteiger partial charge in [-0.1, -0.05) is 0 Å². The number of ether oxygens (including phenoxy) is 1. The van der Waals surface area contributed by atoms with Gasteiger partial charge >= 0.3 is 0 Å². The van der Waals surface area contributed by atoms with Crippen LogP contribution in [0.25, 0.3) is 0 Å². The van der Waals surface area contributed by atoms with Gasteiger partial charge in [0.25, 0.3) is 10.0 Å². The van der Waals surface area contributed by atoms with E-state index in [4.69, 9.17) is 15.7 Å². The van der Waals surface area contributed by atoms with Gasteiger partial charge < -0.3 is 10.5 Å². The van der Waals surface area contributed by atoms with Gasteiger partial charge in [0.15, 0.2) is 6.19 Å². The lowest BCUT2D eigenvalue weighted by Crippen LogP contribution is -2.28. The molecule has 0 heterocycles. The van der Waals surface area contributed by atoms with Crippen molar-refractivity contribution in [2.45, 2.75) is 4.90 Å². The molecule has 0 amide bonds. The minimum absolute atomic E-state index is 0.0408. The molecule has 0 radical (unpaired) electrons. The number of sulfonamides is 1. The first-order chi connectivity index (χ1) is 7.99. The molecule has 0 aromatic heterocycles. The second-order valence-electron chi connectivity index (χ2n) is 2.86. The molecule has 1 aromatic carbocycles. The van der Waals surface area contributed by atoms with Crippen molar-refractivity contribution >= 4 is 16.0 Å². The molecule has 0 aliphatic heterocycles. The Morgan fingerprint density at radius 3 is 2.53 bits per heavy atom. The van der Waals surface area contributed by atoms with E-state index in [0.717, 1.165) is 0 Å². The Morgan fingerprint density at radius 1 is 1.47 bits per heavy atom. The van der Waals surface area contributed by atoms with Crippen molar-refractivity contribution in [2.24, 2.45) is 10.1 Å². The maximum Gasteiger partial charge on any atom is 0.285 e. The summed E-state index contributed by atoms with van der Waals surface area (Å²) < 4.78 is 31.4. The topological polar surface area (TPSA) is 118 Å². The van der Waals surface area contributed by atoms with Crippen LogP contribution in [0.4, 0.5) is 0 Å². The number of hydrogen-bond donors (Lipinski definition) is 2. The molecule has 0 atom stereocenters. The van der Waals surface area contributed by atoms with E-state index in [1.54, 1.807) is 0 Å². The van der Waals surface area contributed by atoms with Crippen molar-refractivity contribution in [3.05, 3.63) is 24.3 Å². The first-order valence-electron chi connectivity index (χ1n) is 4.39. The highest BCUT2D eigenvalue weighted by molar-refractivity contribution is 7.90. The first-order valence-corrected chi connectivity index (χ1v) is 5.83. The molecule has 0 aliphatic carbocycles. The van der Waals surface area contributed by atoms with Gasteiger partial charge in [-0.3, -0.25) is 5.32 Å². The third-order valence-corrected chi connectivity index (χ3v) is 3.06. The van der Waals surface area contributed by atoms with E-state index in [1.165, 1.54) is 37.6 Å². The molecule has 0 fully saturated rings. The summed E-state index contributed by atoms with van der Waals surface area (Å²) in [4.78, 5) is -0.0408. The van der Waals surface area contributed by atoms with Crippen LogP contribution in [0.2, 0.25) is 0 Å². The minimum atomic E-state index is -3.91. The minimum Gasteiger partial charge on any atom is -0.497 e. The molecular weight excluding hydrogens is 244 g/mol. The van der Waals surface area contributed by atoms with Crippen LogP contribution in [-0.4, -0.2) is 21.5 Å². The van der Waals surface area contributed by atoms with Crippen molar-refractivity contribution in [1.82, 2.24) is 5.32 Å². The van der Waals surface area contributed by atoms with Crippen LogP contribution >= 0.6 is 0 Å². The summed E-state index contributed by atoms with van der Waals surface area (Å²) in [6, 6.07) is 5.63. The largest absolute Gasteiger partial charge is 0.497 e. The fourth-order valence-electron chi connectivity index (χ4n) is 1.01. The summed E-state index contributed by atoms with van der Waals surface area (Å²) in [5, 5.41) is 10.2. The van der Waals surface area contributed by atoms with E-state index in [9.17, 15) is 8.42 Å². The summed E-state index contributed by atoms with van der Waals surface area (Å²) in [5.41, 5.74) is 5.18. The third kappa shape index (κ3) is 3.35. The van der Waals surface area contributed by atoms with Gasteiger partial charge in [0.1, 0.15) is 5.75 Å². The fourth-order valence-corrected chi connectivity index (χ4v) is 1.90. The molecule has 8 heteroatoms. The second-order valence-corrected chi connectivity index (χ2v) is 4.47. The van der Waals surface area contributed by atoms with Crippen LogP contribution in [0.3, 0.4) is 0 Å². The van der Waals surface area contributed by atoms with E-state index < -0.39 is 16.0 Å². The Balaban J connectivity index is 3.06. The lowest BCUT2D eigenvalue weighted by atomic mass is 10.3. The standard InChI is InChI=1S/C9H10N4O3S/c1-16-7-2-4-8(5-3-7)17(14,15)13-9(11)12-6-10/h2-5H,1H3,(H3,11,12,13). The molecule has 0 bridgehead atoms. The van der Waals surface area contributed by atoms with Gasteiger partial charge in [0.2, 0.25) is 5.96 Å². The molecule has 0 aliphatic rings. The zero-order valence-corrected chi connectivity index (χ0v) is 9.73. The zero-order valence-electron chi connectivity index (χ0n) is 8.91. The number of guanidine groups is 1. The van der Waals surface area contributed by atoms with Crippen molar-refractivity contribution in [3.8, 4) is 11.9 Å². The quantitative estimate of drug-likeness (QED) is 0.333. The van der Waals surface area contributed by atoms with E-state index in [-0.39, 0.29) is 4.90 Å². The van der Waals surface area contributed by atoms with Gasteiger partial charge in [0, 0.05) is 0 Å². The summed E-state index contributed by atoms with van der Waals surface area (Å²) in [6.07, 6.45) is 1.47. The molecular formula is C9H10N4O3S. The number of rotatable bonds is 3. The Bertz CT molecular complexity index is 557. The molecule has 17 heavy (non-hydrogen) atoms. The lowest BCUT2D eigenvalue weighted by molar-refractivity contribution is 0.414. The predicted molar refractivity (Wildman–Crippen MR) is 60.6 cm³/mol. The molecule has 7 nitrogen and oxygen atoms in total. The number of hydrogen-bond acceptors (Lipinski definition) is 4. The highest BCUT2D eigenvalue weighted by Crippen LogP contribution is 2.16. The molecule has 0 saturated carbocycles. The van der Waals surface area contributed by atoms with E-state index in [2.05, 4.69) is 4.40 Å². The number of benzene rings is 1. The van der Waals surface area contributed by atoms with E-state index in [0.29, 0.717) is 5.75 Å². The fraction of sp³-hybridized carbons (Fsp3) is 0.111. The Morgan fingerprint density at radius 2 is 2.06 bits per heavy atom. The molecule has 1 aromatic rings. The lowest BCUT2D eigenvalue weighted by Gasteiger charge is -2.02. The maximum absolute atomic E-state index is 11.7. The Hall–Kier alpha value is -2.27. The zero-order chi connectivity index (χ0) is 12.9. The number of methoxy groups -OCH3 is 1. The van der Waals surface area contributed by atoms with Crippen LogP contribution in [0, 0.1) is 11.5 Å². The maximum atomic E-state index is 11.7. The van der Waals surface area contributed by atoms with Gasteiger partial charge in [0.05, 0.1) is 12.0 Å². The molecule has 0 unspecified atom stereocenters. The predicted octanol–water partition coefficient (Wildman–Crippen LogP) is -0.231. The summed E-state index contributed by atoms with van der Waals surface area (Å²) >= 11 is 0. The monoisotopic (exact) mass is 254 g/mol. The van der Waals surface area contributed by atoms with Crippen LogP contribution in [0.1, 0.15) is 0 Å². The third-order valence-electron chi connectivity index (χ3n) is 1.76. The normalized spacial score (nSPS) is 11.6. The number of nitrogens with zero attached hydrogens (tertiary/aromatic N) is 2. The van der Waals surface area contributed by atoms with Crippen molar-refractivity contribution < 1.29 is 13.2 Å². The Kier molecular flexibility index (Phi) is 3.90. The average molecular weight is 254 g/mol. The first kappa shape index (κ1) is 12.8. The van der Waals surface area contributed by atoms with Crippen LogP contribution in [0.15, 0.2) is 33.6 Å². The van der Waals surface area contributed by atoms with Gasteiger partial charge in [-0.15, -0.1) is 4.40 Å². The molecule has 90 valence electrons. The smallest absolute Gasteiger partial charge is 0.285 e. The highest BCUT2D eigenvalue weighted by Gasteiger charge is 2.13. The average Bonchev–Trinajstić information content (AvgIpc) is 2.28. The van der Waals surface area contributed by atoms with Crippen molar-refractivity contribution in [3.63, 3.8) is 0 Å². The second kappa shape index (κ2) is 5.18. The summed E-state index contributed by atoms with van der Waals surface area (Å²) in [6.45, 7) is 0. The summed E-state index contributed by atoms with van der Waals surface area (Å²) in [7, 11) is -2.44. The van der Waals surface area contributed by atoms with Gasteiger partial charge in [-0.25, -0.2) is 0 Å². The number of nitrogens with two attached hydrogens (primary N) is 1. The molecule has 3 N–H and O–H groups in total. The SMILES string of the molecule is COc1ccc(S(=O)(=O)/N=C(\N)NC#N)cc1. The van der Waals surface area contributed by atoms with E-state index >= 15 is 0 Å². The number of nitrogens with one attached hydrogen (secondary N) is 1. The molecule has 0 spiro atoms. The van der Waals surface area contributed by atoms with Crippen LogP contribution < -0.4 is 15.8 Å². The van der Waals surface area contributed by atoms with Crippen LogP contribution in [0.5, 0.6) is 5.75 Å². The van der Waals surface area contributed by atoms with E-state index in [1.807, 2.05) is 5.32 Å².